The second-order valence-electron chi connectivity index (χ2n) is 6.84. The molecule has 0 saturated carbocycles. The standard InChI is InChI=1S/C18H27NO3/c1-6-8-14(7-2)13-22-17(21)19-10-15(12-20)9-16(11-19)18(3,4)5/h6-8,12,15-16H,1-2,9-11,13H2,3-5H3/b14-8+. The molecule has 122 valence electrons. The van der Waals surface area contributed by atoms with Crippen LogP contribution in [-0.4, -0.2) is 37.0 Å². The van der Waals surface area contributed by atoms with Crippen molar-refractivity contribution in [2.45, 2.75) is 27.2 Å². The molecule has 0 bridgehead atoms. The highest BCUT2D eigenvalue weighted by atomic mass is 16.6. The number of hydrogen-bond acceptors (Lipinski definition) is 3. The van der Waals surface area contributed by atoms with Crippen LogP contribution in [0.5, 0.6) is 0 Å². The van der Waals surface area contributed by atoms with Crippen LogP contribution in [0.15, 0.2) is 37.0 Å². The number of allylic oxidation sites excluding steroid dienone is 2. The van der Waals surface area contributed by atoms with Crippen molar-refractivity contribution in [2.75, 3.05) is 19.7 Å². The van der Waals surface area contributed by atoms with Crippen molar-refractivity contribution in [2.24, 2.45) is 17.3 Å². The minimum atomic E-state index is -0.377. The van der Waals surface area contributed by atoms with Crippen LogP contribution in [0.3, 0.4) is 0 Å². The van der Waals surface area contributed by atoms with E-state index in [9.17, 15) is 9.59 Å². The van der Waals surface area contributed by atoms with Crippen LogP contribution in [0.25, 0.3) is 0 Å². The van der Waals surface area contributed by atoms with Gasteiger partial charge in [-0.05, 0) is 23.3 Å². The lowest BCUT2D eigenvalue weighted by Gasteiger charge is -2.41. The monoisotopic (exact) mass is 305 g/mol. The molecule has 4 nitrogen and oxygen atoms in total. The summed E-state index contributed by atoms with van der Waals surface area (Å²) in [4.78, 5) is 25.1. The second kappa shape index (κ2) is 7.97. The summed E-state index contributed by atoms with van der Waals surface area (Å²) in [6.07, 6.45) is 6.41. The van der Waals surface area contributed by atoms with Crippen LogP contribution in [0.4, 0.5) is 4.79 Å². The number of piperidine rings is 1. The van der Waals surface area contributed by atoms with E-state index >= 15 is 0 Å². The fourth-order valence-electron chi connectivity index (χ4n) is 2.58. The van der Waals surface area contributed by atoms with Gasteiger partial charge in [0.2, 0.25) is 0 Å². The maximum Gasteiger partial charge on any atom is 0.410 e. The maximum absolute atomic E-state index is 12.3. The molecule has 2 unspecified atom stereocenters. The first-order chi connectivity index (χ1) is 10.3. The summed E-state index contributed by atoms with van der Waals surface area (Å²) in [6, 6.07) is 0. The number of carbonyl (C=O) groups is 2. The Hall–Kier alpha value is -1.84. The van der Waals surface area contributed by atoms with E-state index in [2.05, 4.69) is 33.9 Å². The number of rotatable bonds is 5. The molecule has 0 aliphatic carbocycles. The Morgan fingerprint density at radius 1 is 1.32 bits per heavy atom. The molecule has 2 atom stereocenters. The van der Waals surface area contributed by atoms with E-state index in [1.165, 1.54) is 0 Å². The van der Waals surface area contributed by atoms with Gasteiger partial charge in [-0.1, -0.05) is 52.2 Å². The van der Waals surface area contributed by atoms with Gasteiger partial charge in [0.25, 0.3) is 0 Å². The van der Waals surface area contributed by atoms with Gasteiger partial charge < -0.3 is 14.4 Å². The van der Waals surface area contributed by atoms with Crippen LogP contribution < -0.4 is 0 Å². The average Bonchev–Trinajstić information content (AvgIpc) is 2.49. The summed E-state index contributed by atoms with van der Waals surface area (Å²) in [7, 11) is 0. The lowest BCUT2D eigenvalue weighted by Crippen LogP contribution is -2.48. The van der Waals surface area contributed by atoms with Crippen LogP contribution in [-0.2, 0) is 9.53 Å². The molecule has 0 spiro atoms. The number of ether oxygens (including phenoxy) is 1. The highest BCUT2D eigenvalue weighted by molar-refractivity contribution is 5.69. The Kier molecular flexibility index (Phi) is 6.60. The predicted octanol–water partition coefficient (Wildman–Crippen LogP) is 3.60. The molecule has 4 heteroatoms. The lowest BCUT2D eigenvalue weighted by molar-refractivity contribution is -0.113. The van der Waals surface area contributed by atoms with Gasteiger partial charge in [-0.15, -0.1) is 0 Å². The maximum atomic E-state index is 12.3. The average molecular weight is 305 g/mol. The minimum Gasteiger partial charge on any atom is -0.445 e. The summed E-state index contributed by atoms with van der Waals surface area (Å²) in [5, 5.41) is 0. The van der Waals surface area contributed by atoms with Gasteiger partial charge >= 0.3 is 6.09 Å². The zero-order chi connectivity index (χ0) is 16.8. The lowest BCUT2D eigenvalue weighted by atomic mass is 9.73. The van der Waals surface area contributed by atoms with E-state index in [4.69, 9.17) is 4.74 Å². The van der Waals surface area contributed by atoms with Crippen LogP contribution in [0.2, 0.25) is 0 Å². The van der Waals surface area contributed by atoms with Gasteiger partial charge in [-0.25, -0.2) is 4.79 Å². The van der Waals surface area contributed by atoms with Gasteiger partial charge in [0, 0.05) is 19.0 Å². The molecular weight excluding hydrogens is 278 g/mol. The topological polar surface area (TPSA) is 46.6 Å². The molecule has 1 saturated heterocycles. The van der Waals surface area contributed by atoms with E-state index < -0.39 is 0 Å². The van der Waals surface area contributed by atoms with E-state index in [0.717, 1.165) is 18.3 Å². The number of nitrogens with zero attached hydrogens (tertiary/aromatic N) is 1. The third-order valence-electron chi connectivity index (χ3n) is 4.11. The van der Waals surface area contributed by atoms with Gasteiger partial charge in [-0.3, -0.25) is 0 Å². The van der Waals surface area contributed by atoms with Crippen molar-refractivity contribution in [3.8, 4) is 0 Å². The van der Waals surface area contributed by atoms with Crippen molar-refractivity contribution in [1.29, 1.82) is 0 Å². The molecule has 0 aromatic rings. The summed E-state index contributed by atoms with van der Waals surface area (Å²) < 4.78 is 5.32. The van der Waals surface area contributed by atoms with Crippen molar-refractivity contribution >= 4 is 12.4 Å². The zero-order valence-corrected chi connectivity index (χ0v) is 13.9. The third kappa shape index (κ3) is 5.17. The fraction of sp³-hybridized carbons (Fsp3) is 0.556. The highest BCUT2D eigenvalue weighted by Crippen LogP contribution is 2.35. The Bertz CT molecular complexity index is 459. The smallest absolute Gasteiger partial charge is 0.410 e. The summed E-state index contributed by atoms with van der Waals surface area (Å²) in [5.74, 6) is 0.166. The number of hydrogen-bond donors (Lipinski definition) is 0. The van der Waals surface area contributed by atoms with Gasteiger partial charge in [0.15, 0.2) is 0 Å². The van der Waals surface area contributed by atoms with Crippen molar-refractivity contribution < 1.29 is 14.3 Å². The Morgan fingerprint density at radius 2 is 2.00 bits per heavy atom. The normalized spacial score (nSPS) is 22.9. The van der Waals surface area contributed by atoms with Gasteiger partial charge in [-0.2, -0.15) is 0 Å². The van der Waals surface area contributed by atoms with E-state index in [1.54, 1.807) is 23.1 Å². The van der Waals surface area contributed by atoms with Gasteiger partial charge in [0.05, 0.1) is 0 Å². The van der Waals surface area contributed by atoms with E-state index in [0.29, 0.717) is 13.1 Å². The molecule has 1 heterocycles. The molecule has 1 aliphatic heterocycles. The quantitative estimate of drug-likeness (QED) is 0.576. The molecular formula is C18H27NO3. The number of carbonyl (C=O) groups excluding carboxylic acids is 2. The Balaban J connectivity index is 2.70. The molecule has 1 fully saturated rings. The first-order valence-electron chi connectivity index (χ1n) is 7.62. The first kappa shape index (κ1) is 18.2. The first-order valence-corrected chi connectivity index (χ1v) is 7.62. The minimum absolute atomic E-state index is 0.0508. The molecule has 1 amide bonds. The molecule has 0 aromatic heterocycles. The molecule has 0 aromatic carbocycles. The molecule has 1 rings (SSSR count). The van der Waals surface area contributed by atoms with Crippen LogP contribution in [0, 0.1) is 17.3 Å². The number of aldehydes is 1. The summed E-state index contributed by atoms with van der Waals surface area (Å²) in [5.41, 5.74) is 0.842. The number of amides is 1. The van der Waals surface area contributed by atoms with Crippen LogP contribution in [0.1, 0.15) is 27.2 Å². The SMILES string of the molecule is C=C/C=C(\C=C)COC(=O)N1CC(C=O)CC(C(C)(C)C)C1. The van der Waals surface area contributed by atoms with Crippen LogP contribution >= 0.6 is 0 Å². The number of likely N-dealkylation sites (tertiary alicyclic amines) is 1. The second-order valence-corrected chi connectivity index (χ2v) is 6.84. The Labute approximate surface area is 133 Å². The van der Waals surface area contributed by atoms with Gasteiger partial charge in [0.1, 0.15) is 12.9 Å². The molecule has 22 heavy (non-hydrogen) atoms. The van der Waals surface area contributed by atoms with Crippen molar-refractivity contribution in [3.05, 3.63) is 37.0 Å². The summed E-state index contributed by atoms with van der Waals surface area (Å²) in [6.45, 7) is 14.9. The predicted molar refractivity (Wildman–Crippen MR) is 88.5 cm³/mol. The molecule has 0 radical (unpaired) electrons. The van der Waals surface area contributed by atoms with E-state index in [1.807, 2.05) is 0 Å². The van der Waals surface area contributed by atoms with E-state index in [-0.39, 0.29) is 30.0 Å². The third-order valence-corrected chi connectivity index (χ3v) is 4.11. The zero-order valence-electron chi connectivity index (χ0n) is 13.9. The fourth-order valence-corrected chi connectivity index (χ4v) is 2.58. The van der Waals surface area contributed by atoms with Crippen molar-refractivity contribution in [1.82, 2.24) is 4.90 Å². The summed E-state index contributed by atoms with van der Waals surface area (Å²) >= 11 is 0. The largest absolute Gasteiger partial charge is 0.445 e. The highest BCUT2D eigenvalue weighted by Gasteiger charge is 2.36. The van der Waals surface area contributed by atoms with Crippen molar-refractivity contribution in [3.63, 3.8) is 0 Å². The Morgan fingerprint density at radius 3 is 2.50 bits per heavy atom. The molecule has 1 aliphatic rings. The molecule has 0 N–H and O–H groups in total.